The van der Waals surface area contributed by atoms with Crippen molar-refractivity contribution in [2.24, 2.45) is 5.92 Å². The Morgan fingerprint density at radius 1 is 1.30 bits per heavy atom. The monoisotopic (exact) mass is 406 g/mol. The Bertz CT molecular complexity index is 726. The Balaban J connectivity index is 1.44. The van der Waals surface area contributed by atoms with Gasteiger partial charge in [-0.15, -0.1) is 0 Å². The third-order valence-electron chi connectivity index (χ3n) is 4.96. The first-order valence-electron chi connectivity index (χ1n) is 9.72. The van der Waals surface area contributed by atoms with Gasteiger partial charge in [-0.2, -0.15) is 4.37 Å². The van der Waals surface area contributed by atoms with Crippen molar-refractivity contribution in [2.75, 3.05) is 24.5 Å². The largest absolute Gasteiger partial charge is 0.356 e. The summed E-state index contributed by atoms with van der Waals surface area (Å²) in [7, 11) is 0. The fourth-order valence-corrected chi connectivity index (χ4v) is 4.10. The molecule has 2 heterocycles. The standard InChI is InChI=1S/C20H27ClN4OS/c1-2-3-4-19(26)22-14-16-9-11-25(12-10-16)20-23-18(24-27-20)13-15-5-7-17(21)8-6-15/h5-8,16H,2-4,9-14H2,1H3,(H,22,26). The second-order valence-corrected chi connectivity index (χ2v) is 8.30. The van der Waals surface area contributed by atoms with Crippen molar-refractivity contribution in [3.8, 4) is 0 Å². The number of halogens is 1. The van der Waals surface area contributed by atoms with Crippen LogP contribution in [0.2, 0.25) is 5.02 Å². The number of nitrogens with zero attached hydrogens (tertiary/aromatic N) is 3. The van der Waals surface area contributed by atoms with E-state index in [0.717, 1.165) is 67.7 Å². The van der Waals surface area contributed by atoms with E-state index in [1.165, 1.54) is 17.1 Å². The summed E-state index contributed by atoms with van der Waals surface area (Å²) in [4.78, 5) is 18.8. The molecule has 1 aliphatic rings. The highest BCUT2D eigenvalue weighted by Crippen LogP contribution is 2.25. The van der Waals surface area contributed by atoms with Crippen molar-refractivity contribution in [1.29, 1.82) is 0 Å². The minimum Gasteiger partial charge on any atom is -0.356 e. The zero-order valence-electron chi connectivity index (χ0n) is 15.8. The van der Waals surface area contributed by atoms with Crippen molar-refractivity contribution < 1.29 is 4.79 Å². The van der Waals surface area contributed by atoms with E-state index in [1.807, 2.05) is 24.3 Å². The Hall–Kier alpha value is -1.66. The number of hydrogen-bond acceptors (Lipinski definition) is 5. The Morgan fingerprint density at radius 2 is 2.04 bits per heavy atom. The molecule has 27 heavy (non-hydrogen) atoms. The number of hydrogen-bond donors (Lipinski definition) is 1. The fourth-order valence-electron chi connectivity index (χ4n) is 3.24. The topological polar surface area (TPSA) is 58.1 Å². The van der Waals surface area contributed by atoms with Crippen molar-refractivity contribution in [3.05, 3.63) is 40.7 Å². The molecule has 0 unspecified atom stereocenters. The van der Waals surface area contributed by atoms with E-state index in [4.69, 9.17) is 16.6 Å². The van der Waals surface area contributed by atoms with E-state index in [9.17, 15) is 4.79 Å². The lowest BCUT2D eigenvalue weighted by Gasteiger charge is -2.31. The maximum atomic E-state index is 11.8. The summed E-state index contributed by atoms with van der Waals surface area (Å²) in [6.07, 6.45) is 5.58. The van der Waals surface area contributed by atoms with Crippen LogP contribution in [0.5, 0.6) is 0 Å². The van der Waals surface area contributed by atoms with E-state index in [2.05, 4.69) is 21.5 Å². The minimum absolute atomic E-state index is 0.190. The molecular formula is C20H27ClN4OS. The van der Waals surface area contributed by atoms with Gasteiger partial charge in [0.15, 0.2) is 0 Å². The average Bonchev–Trinajstić information content (AvgIpc) is 3.15. The van der Waals surface area contributed by atoms with Gasteiger partial charge in [0.05, 0.1) is 0 Å². The van der Waals surface area contributed by atoms with Crippen molar-refractivity contribution in [2.45, 2.75) is 45.4 Å². The zero-order valence-corrected chi connectivity index (χ0v) is 17.4. The summed E-state index contributed by atoms with van der Waals surface area (Å²) in [5, 5.41) is 4.83. The van der Waals surface area contributed by atoms with Gasteiger partial charge in [-0.1, -0.05) is 37.1 Å². The first-order chi connectivity index (χ1) is 13.1. The molecule has 3 rings (SSSR count). The molecule has 1 aliphatic heterocycles. The van der Waals surface area contributed by atoms with E-state index < -0.39 is 0 Å². The van der Waals surface area contributed by atoms with Crippen LogP contribution in [-0.4, -0.2) is 34.9 Å². The van der Waals surface area contributed by atoms with Crippen LogP contribution in [0.1, 0.15) is 50.4 Å². The summed E-state index contributed by atoms with van der Waals surface area (Å²) in [6.45, 7) is 4.86. The molecule has 0 atom stereocenters. The van der Waals surface area contributed by atoms with Crippen molar-refractivity contribution in [3.63, 3.8) is 0 Å². The summed E-state index contributed by atoms with van der Waals surface area (Å²) >= 11 is 7.41. The molecule has 1 amide bonds. The lowest BCUT2D eigenvalue weighted by atomic mass is 9.97. The number of nitrogens with one attached hydrogen (secondary N) is 1. The molecule has 146 valence electrons. The number of piperidine rings is 1. The molecule has 0 aliphatic carbocycles. The molecule has 1 aromatic heterocycles. The van der Waals surface area contributed by atoms with Gasteiger partial charge < -0.3 is 10.2 Å². The molecule has 1 aromatic carbocycles. The van der Waals surface area contributed by atoms with Gasteiger partial charge in [0.25, 0.3) is 0 Å². The number of carbonyl (C=O) groups excluding carboxylic acids is 1. The third kappa shape index (κ3) is 6.18. The van der Waals surface area contributed by atoms with E-state index in [1.54, 1.807) is 0 Å². The normalized spacial score (nSPS) is 15.1. The highest BCUT2D eigenvalue weighted by molar-refractivity contribution is 7.09. The van der Waals surface area contributed by atoms with Gasteiger partial charge in [-0.05, 0) is 42.9 Å². The lowest BCUT2D eigenvalue weighted by molar-refractivity contribution is -0.121. The van der Waals surface area contributed by atoms with Crippen LogP contribution >= 0.6 is 23.1 Å². The number of anilines is 1. The number of carbonyl (C=O) groups is 1. The number of benzene rings is 1. The summed E-state index contributed by atoms with van der Waals surface area (Å²) in [6, 6.07) is 7.83. The van der Waals surface area contributed by atoms with Gasteiger partial charge in [0, 0.05) is 49.0 Å². The summed E-state index contributed by atoms with van der Waals surface area (Å²) in [5.41, 5.74) is 1.17. The van der Waals surface area contributed by atoms with Crippen molar-refractivity contribution in [1.82, 2.24) is 14.7 Å². The number of aromatic nitrogens is 2. The van der Waals surface area contributed by atoms with Gasteiger partial charge in [-0.3, -0.25) is 4.79 Å². The second kappa shape index (κ2) is 10.0. The predicted octanol–water partition coefficient (Wildman–Crippen LogP) is 4.31. The van der Waals surface area contributed by atoms with Crippen LogP contribution in [0.3, 0.4) is 0 Å². The molecule has 5 nitrogen and oxygen atoms in total. The molecule has 2 aromatic rings. The molecule has 0 bridgehead atoms. The first-order valence-corrected chi connectivity index (χ1v) is 10.9. The number of unbranched alkanes of at least 4 members (excludes halogenated alkanes) is 1. The maximum absolute atomic E-state index is 11.8. The van der Waals surface area contributed by atoms with Crippen LogP contribution in [-0.2, 0) is 11.2 Å². The van der Waals surface area contributed by atoms with Crippen LogP contribution in [0.15, 0.2) is 24.3 Å². The lowest BCUT2D eigenvalue weighted by Crippen LogP contribution is -2.38. The predicted molar refractivity (Wildman–Crippen MR) is 112 cm³/mol. The molecule has 1 fully saturated rings. The Kier molecular flexibility index (Phi) is 7.47. The van der Waals surface area contributed by atoms with E-state index >= 15 is 0 Å². The van der Waals surface area contributed by atoms with Gasteiger partial charge in [-0.25, -0.2) is 4.98 Å². The molecule has 7 heteroatoms. The highest BCUT2D eigenvalue weighted by atomic mass is 35.5. The summed E-state index contributed by atoms with van der Waals surface area (Å²) in [5.74, 6) is 1.62. The molecule has 0 spiro atoms. The SMILES string of the molecule is CCCCC(=O)NCC1CCN(c2nc(Cc3ccc(Cl)cc3)ns2)CC1. The van der Waals surface area contributed by atoms with Crippen molar-refractivity contribution >= 4 is 34.2 Å². The smallest absolute Gasteiger partial charge is 0.220 e. The zero-order chi connectivity index (χ0) is 19.1. The average molecular weight is 407 g/mol. The molecule has 0 saturated carbocycles. The quantitative estimate of drug-likeness (QED) is 0.709. The van der Waals surface area contributed by atoms with Gasteiger partial charge in [0.1, 0.15) is 5.82 Å². The Labute approximate surface area is 170 Å². The van der Waals surface area contributed by atoms with Gasteiger partial charge >= 0.3 is 0 Å². The second-order valence-electron chi connectivity index (χ2n) is 7.13. The van der Waals surface area contributed by atoms with Crippen LogP contribution in [0.4, 0.5) is 5.13 Å². The molecule has 0 radical (unpaired) electrons. The molecule has 1 saturated heterocycles. The van der Waals surface area contributed by atoms with Crippen LogP contribution in [0.25, 0.3) is 0 Å². The third-order valence-corrected chi connectivity index (χ3v) is 6.03. The number of amides is 1. The maximum Gasteiger partial charge on any atom is 0.220 e. The van der Waals surface area contributed by atoms with Crippen LogP contribution < -0.4 is 10.2 Å². The van der Waals surface area contributed by atoms with E-state index in [0.29, 0.717) is 12.3 Å². The van der Waals surface area contributed by atoms with Crippen LogP contribution in [0, 0.1) is 5.92 Å². The summed E-state index contributed by atoms with van der Waals surface area (Å²) < 4.78 is 4.52. The van der Waals surface area contributed by atoms with Gasteiger partial charge in [0.2, 0.25) is 11.0 Å². The minimum atomic E-state index is 0.190. The molecular weight excluding hydrogens is 380 g/mol. The first kappa shape index (κ1) is 20.1. The number of rotatable bonds is 8. The Morgan fingerprint density at radius 3 is 2.74 bits per heavy atom. The van der Waals surface area contributed by atoms with E-state index in [-0.39, 0.29) is 5.91 Å². The molecule has 1 N–H and O–H groups in total. The highest BCUT2D eigenvalue weighted by Gasteiger charge is 2.22. The fraction of sp³-hybridized carbons (Fsp3) is 0.550.